The number of hydrogen-bond acceptors (Lipinski definition) is 5. The number of piperidine rings is 1. The van der Waals surface area contributed by atoms with Crippen LogP contribution in [0, 0.1) is 5.92 Å². The predicted octanol–water partition coefficient (Wildman–Crippen LogP) is 5.65. The van der Waals surface area contributed by atoms with Gasteiger partial charge in [-0.3, -0.25) is 9.89 Å². The molecule has 4 aromatic rings. The molecule has 7 heteroatoms. The van der Waals surface area contributed by atoms with Gasteiger partial charge in [-0.2, -0.15) is 5.10 Å². The van der Waals surface area contributed by atoms with Crippen LogP contribution in [0.25, 0.3) is 22.2 Å². The Balaban J connectivity index is 1.20. The summed E-state index contributed by atoms with van der Waals surface area (Å²) in [5, 5.41) is 14.0. The highest BCUT2D eigenvalue weighted by atomic mass is 32.1. The molecule has 1 amide bonds. The quantitative estimate of drug-likeness (QED) is 0.354. The molecule has 1 saturated carbocycles. The number of thiophene rings is 1. The molecule has 6 nitrogen and oxygen atoms in total. The van der Waals surface area contributed by atoms with Gasteiger partial charge >= 0.3 is 0 Å². The van der Waals surface area contributed by atoms with Crippen LogP contribution in [0.15, 0.2) is 60.0 Å². The van der Waals surface area contributed by atoms with Crippen LogP contribution in [-0.2, 0) is 0 Å². The molecule has 1 saturated heterocycles. The highest BCUT2D eigenvalue weighted by molar-refractivity contribution is 7.10. The van der Waals surface area contributed by atoms with E-state index in [2.05, 4.69) is 45.0 Å². The Morgan fingerprint density at radius 2 is 1.91 bits per heavy atom. The molecule has 2 fully saturated rings. The number of H-pyrrole nitrogens is 1. The summed E-state index contributed by atoms with van der Waals surface area (Å²) in [5.74, 6) is 1.40. The van der Waals surface area contributed by atoms with Crippen LogP contribution in [0.1, 0.15) is 47.0 Å². The van der Waals surface area contributed by atoms with E-state index < -0.39 is 0 Å². The maximum Gasteiger partial charge on any atom is 0.251 e. The van der Waals surface area contributed by atoms with Crippen LogP contribution in [0.2, 0.25) is 0 Å². The smallest absolute Gasteiger partial charge is 0.251 e. The second-order valence-corrected chi connectivity index (χ2v) is 10.8. The lowest BCUT2D eigenvalue weighted by Gasteiger charge is -2.29. The van der Waals surface area contributed by atoms with Crippen molar-refractivity contribution in [2.45, 2.75) is 37.8 Å². The number of aromatic nitrogens is 2. The number of nitrogens with zero attached hydrogens (tertiary/aromatic N) is 2. The fourth-order valence-electron chi connectivity index (χ4n) is 4.91. The van der Waals surface area contributed by atoms with Crippen molar-refractivity contribution >= 4 is 28.1 Å². The van der Waals surface area contributed by atoms with Crippen LogP contribution in [-0.4, -0.2) is 47.2 Å². The molecular formula is C28H30N4O2S. The van der Waals surface area contributed by atoms with Gasteiger partial charge in [-0.1, -0.05) is 6.07 Å². The molecule has 1 atom stereocenters. The molecule has 35 heavy (non-hydrogen) atoms. The van der Waals surface area contributed by atoms with Crippen molar-refractivity contribution in [2.24, 2.45) is 5.92 Å². The molecule has 2 aliphatic rings. The summed E-state index contributed by atoms with van der Waals surface area (Å²) >= 11 is 1.71. The maximum absolute atomic E-state index is 13.2. The van der Waals surface area contributed by atoms with Gasteiger partial charge in [0.05, 0.1) is 17.3 Å². The van der Waals surface area contributed by atoms with Gasteiger partial charge < -0.3 is 15.0 Å². The lowest BCUT2D eigenvalue weighted by atomic mass is 10.0. The summed E-state index contributed by atoms with van der Waals surface area (Å²) in [4.78, 5) is 16.8. The Kier molecular flexibility index (Phi) is 6.04. The second-order valence-electron chi connectivity index (χ2n) is 9.78. The van der Waals surface area contributed by atoms with Gasteiger partial charge in [0.25, 0.3) is 5.91 Å². The third kappa shape index (κ3) is 4.83. The topological polar surface area (TPSA) is 70.2 Å². The summed E-state index contributed by atoms with van der Waals surface area (Å²) in [7, 11) is 2.16. The first kappa shape index (κ1) is 22.3. The number of ether oxygens (including phenoxy) is 1. The van der Waals surface area contributed by atoms with Crippen LogP contribution >= 0.6 is 11.3 Å². The van der Waals surface area contributed by atoms with E-state index in [0.29, 0.717) is 11.5 Å². The van der Waals surface area contributed by atoms with Crippen molar-refractivity contribution in [1.29, 1.82) is 0 Å². The Labute approximate surface area is 209 Å². The summed E-state index contributed by atoms with van der Waals surface area (Å²) < 4.78 is 6.20. The normalized spacial score (nSPS) is 18.0. The number of nitrogens with one attached hydrogen (secondary N) is 2. The number of likely N-dealkylation sites (tertiary alicyclic amines) is 1. The standard InChI is InChI=1S/C28H30N4O2S/c1-32-14-12-22(13-15-32)34-21-9-6-18(7-10-21)26-23-17-20(8-11-24(23)30-31-26)28(33)29-27(19-4-5-19)25-3-2-16-35-25/h2-3,6-11,16-17,19,22,27H,4-5,12-15H2,1H3,(H,29,33)(H,30,31). The first-order chi connectivity index (χ1) is 17.1. The van der Waals surface area contributed by atoms with Crippen molar-refractivity contribution in [2.75, 3.05) is 20.1 Å². The maximum atomic E-state index is 13.2. The zero-order chi connectivity index (χ0) is 23.8. The van der Waals surface area contributed by atoms with E-state index in [1.807, 2.05) is 42.5 Å². The van der Waals surface area contributed by atoms with Crippen molar-refractivity contribution in [3.63, 3.8) is 0 Å². The number of rotatable bonds is 7. The van der Waals surface area contributed by atoms with E-state index in [1.54, 1.807) is 11.3 Å². The molecule has 180 valence electrons. The van der Waals surface area contributed by atoms with Crippen molar-refractivity contribution in [3.05, 3.63) is 70.4 Å². The number of carbonyl (C=O) groups excluding carboxylic acids is 1. The summed E-state index contributed by atoms with van der Waals surface area (Å²) in [5.41, 5.74) is 3.42. The number of carbonyl (C=O) groups is 1. The molecule has 1 aliphatic heterocycles. The Bertz CT molecular complexity index is 1300. The van der Waals surface area contributed by atoms with E-state index in [-0.39, 0.29) is 18.1 Å². The number of hydrogen-bond donors (Lipinski definition) is 2. The van der Waals surface area contributed by atoms with Crippen LogP contribution in [0.3, 0.4) is 0 Å². The average molecular weight is 487 g/mol. The molecule has 2 aromatic heterocycles. The number of fused-ring (bicyclic) bond motifs is 1. The largest absolute Gasteiger partial charge is 0.490 e. The van der Waals surface area contributed by atoms with Gasteiger partial charge in [-0.05, 0) is 92.6 Å². The van der Waals surface area contributed by atoms with Crippen molar-refractivity contribution < 1.29 is 9.53 Å². The van der Waals surface area contributed by atoms with Crippen LogP contribution in [0.5, 0.6) is 5.75 Å². The zero-order valence-electron chi connectivity index (χ0n) is 19.9. The summed E-state index contributed by atoms with van der Waals surface area (Å²) in [6.07, 6.45) is 4.73. The molecule has 0 spiro atoms. The first-order valence-electron chi connectivity index (χ1n) is 12.4. The molecule has 6 rings (SSSR count). The number of amides is 1. The third-order valence-corrected chi connectivity index (χ3v) is 8.11. The fourth-order valence-corrected chi connectivity index (χ4v) is 5.77. The molecule has 3 heterocycles. The van der Waals surface area contributed by atoms with E-state index >= 15 is 0 Å². The van der Waals surface area contributed by atoms with E-state index in [1.165, 1.54) is 17.7 Å². The van der Waals surface area contributed by atoms with Gasteiger partial charge in [0.1, 0.15) is 11.9 Å². The number of benzene rings is 2. The summed E-state index contributed by atoms with van der Waals surface area (Å²) in [6.45, 7) is 2.15. The van der Waals surface area contributed by atoms with Gasteiger partial charge in [0.2, 0.25) is 0 Å². The second kappa shape index (κ2) is 9.47. The Hall–Kier alpha value is -3.16. The predicted molar refractivity (Wildman–Crippen MR) is 140 cm³/mol. The third-order valence-electron chi connectivity index (χ3n) is 7.15. The zero-order valence-corrected chi connectivity index (χ0v) is 20.7. The molecular weight excluding hydrogens is 456 g/mol. The summed E-state index contributed by atoms with van der Waals surface area (Å²) in [6, 6.07) is 18.2. The SMILES string of the molecule is CN1CCC(Oc2ccc(-c3n[nH]c4ccc(C(=O)NC(c5cccs5)C5CC5)cc34)cc2)CC1. The highest BCUT2D eigenvalue weighted by Gasteiger charge is 2.34. The highest BCUT2D eigenvalue weighted by Crippen LogP contribution is 2.42. The lowest BCUT2D eigenvalue weighted by molar-refractivity contribution is 0.0932. The van der Waals surface area contributed by atoms with Gasteiger partial charge in [0.15, 0.2) is 0 Å². The minimum Gasteiger partial charge on any atom is -0.490 e. The molecule has 1 unspecified atom stereocenters. The molecule has 2 N–H and O–H groups in total. The Morgan fingerprint density at radius 3 is 2.63 bits per heavy atom. The minimum absolute atomic E-state index is 0.0359. The van der Waals surface area contributed by atoms with Crippen LogP contribution in [0.4, 0.5) is 0 Å². The van der Waals surface area contributed by atoms with Crippen molar-refractivity contribution in [1.82, 2.24) is 20.4 Å². The van der Waals surface area contributed by atoms with Crippen LogP contribution < -0.4 is 10.1 Å². The number of aromatic amines is 1. The van der Waals surface area contributed by atoms with E-state index in [4.69, 9.17) is 4.74 Å². The van der Waals surface area contributed by atoms with E-state index in [9.17, 15) is 4.79 Å². The molecule has 0 bridgehead atoms. The molecule has 1 aliphatic carbocycles. The minimum atomic E-state index is -0.0359. The Morgan fingerprint density at radius 1 is 1.11 bits per heavy atom. The molecule has 0 radical (unpaired) electrons. The van der Waals surface area contributed by atoms with Gasteiger partial charge in [0, 0.05) is 34.5 Å². The van der Waals surface area contributed by atoms with E-state index in [0.717, 1.165) is 53.8 Å². The lowest BCUT2D eigenvalue weighted by Crippen LogP contribution is -2.35. The van der Waals surface area contributed by atoms with Crippen molar-refractivity contribution in [3.8, 4) is 17.0 Å². The fraction of sp³-hybridized carbons (Fsp3) is 0.357. The average Bonchev–Trinajstić information content (AvgIpc) is 3.40. The van der Waals surface area contributed by atoms with Gasteiger partial charge in [-0.25, -0.2) is 0 Å². The van der Waals surface area contributed by atoms with Gasteiger partial charge in [-0.15, -0.1) is 11.3 Å². The monoisotopic (exact) mass is 486 g/mol. The molecule has 2 aromatic carbocycles. The first-order valence-corrected chi connectivity index (χ1v) is 13.3.